The molecule has 1 saturated heterocycles. The van der Waals surface area contributed by atoms with Gasteiger partial charge in [0, 0.05) is 38.8 Å². The van der Waals surface area contributed by atoms with Gasteiger partial charge in [0.05, 0.1) is 0 Å². The van der Waals surface area contributed by atoms with Crippen molar-refractivity contribution in [3.8, 4) is 0 Å². The Labute approximate surface area is 117 Å². The van der Waals surface area contributed by atoms with Gasteiger partial charge in [0.15, 0.2) is 17.5 Å². The van der Waals surface area contributed by atoms with E-state index < -0.39 is 17.5 Å². The third-order valence-electron chi connectivity index (χ3n) is 3.73. The highest BCUT2D eigenvalue weighted by Gasteiger charge is 2.21. The molecule has 0 saturated carbocycles. The fraction of sp³-hybridized carbons (Fsp3) is 0.571. The molecule has 112 valence electrons. The Kier molecular flexibility index (Phi) is 5.01. The van der Waals surface area contributed by atoms with Crippen molar-refractivity contribution in [2.75, 3.05) is 40.3 Å². The van der Waals surface area contributed by atoms with Crippen LogP contribution in [0.25, 0.3) is 0 Å². The van der Waals surface area contributed by atoms with Crippen molar-refractivity contribution in [3.05, 3.63) is 35.1 Å². The lowest BCUT2D eigenvalue weighted by Gasteiger charge is -2.37. The third-order valence-corrected chi connectivity index (χ3v) is 3.73. The number of nitrogens with one attached hydrogen (secondary N) is 1. The molecule has 1 aromatic rings. The van der Waals surface area contributed by atoms with E-state index in [1.54, 1.807) is 0 Å². The number of likely N-dealkylation sites (N-methyl/N-ethyl adjacent to an activating group) is 2. The van der Waals surface area contributed by atoms with Crippen LogP contribution >= 0.6 is 0 Å². The molecule has 6 heteroatoms. The summed E-state index contributed by atoms with van der Waals surface area (Å²) in [6.07, 6.45) is 0. The van der Waals surface area contributed by atoms with Crippen LogP contribution in [0.15, 0.2) is 12.1 Å². The number of benzene rings is 1. The average Bonchev–Trinajstić information content (AvgIpc) is 2.40. The number of nitrogens with zero attached hydrogens (tertiary/aromatic N) is 2. The first-order valence-electron chi connectivity index (χ1n) is 6.70. The van der Waals surface area contributed by atoms with Gasteiger partial charge in [0.1, 0.15) is 0 Å². The second-order valence-electron chi connectivity index (χ2n) is 5.40. The molecule has 0 aromatic heterocycles. The molecule has 1 aliphatic rings. The maximum atomic E-state index is 13.1. The summed E-state index contributed by atoms with van der Waals surface area (Å²) in [5, 5.41) is 3.17. The lowest BCUT2D eigenvalue weighted by atomic mass is 10.1. The van der Waals surface area contributed by atoms with Gasteiger partial charge in [-0.15, -0.1) is 0 Å². The average molecular weight is 287 g/mol. The smallest absolute Gasteiger partial charge is 0.194 e. The minimum Gasteiger partial charge on any atom is -0.311 e. The van der Waals surface area contributed by atoms with Gasteiger partial charge in [-0.1, -0.05) is 0 Å². The molecule has 0 aliphatic carbocycles. The van der Waals surface area contributed by atoms with E-state index in [4.69, 9.17) is 0 Å². The number of rotatable bonds is 4. The molecule has 3 nitrogen and oxygen atoms in total. The Hall–Kier alpha value is -1.11. The Balaban J connectivity index is 1.86. The maximum absolute atomic E-state index is 13.1. The van der Waals surface area contributed by atoms with Crippen LogP contribution in [-0.4, -0.2) is 56.1 Å². The maximum Gasteiger partial charge on any atom is 0.194 e. The lowest BCUT2D eigenvalue weighted by molar-refractivity contribution is 0.113. The van der Waals surface area contributed by atoms with Crippen LogP contribution in [0, 0.1) is 17.5 Å². The van der Waals surface area contributed by atoms with E-state index in [2.05, 4.69) is 29.2 Å². The van der Waals surface area contributed by atoms with Crippen molar-refractivity contribution in [1.82, 2.24) is 15.1 Å². The topological polar surface area (TPSA) is 18.5 Å². The summed E-state index contributed by atoms with van der Waals surface area (Å²) in [7, 11) is 4.14. The monoisotopic (exact) mass is 287 g/mol. The van der Waals surface area contributed by atoms with Crippen molar-refractivity contribution in [1.29, 1.82) is 0 Å². The van der Waals surface area contributed by atoms with E-state index in [9.17, 15) is 13.2 Å². The van der Waals surface area contributed by atoms with Gasteiger partial charge in [0.25, 0.3) is 0 Å². The summed E-state index contributed by atoms with van der Waals surface area (Å²) in [5.74, 6) is -3.70. The summed E-state index contributed by atoms with van der Waals surface area (Å²) in [6.45, 7) is 4.04. The second kappa shape index (κ2) is 6.56. The Morgan fingerprint density at radius 3 is 2.45 bits per heavy atom. The highest BCUT2D eigenvalue weighted by molar-refractivity contribution is 5.19. The summed E-state index contributed by atoms with van der Waals surface area (Å²) in [5.41, 5.74) is 0.410. The first kappa shape index (κ1) is 15.3. The molecule has 20 heavy (non-hydrogen) atoms. The number of halogens is 3. The normalized spacial score (nSPS) is 21.4. The molecule has 1 aromatic carbocycles. The van der Waals surface area contributed by atoms with Crippen molar-refractivity contribution < 1.29 is 13.2 Å². The zero-order valence-electron chi connectivity index (χ0n) is 11.8. The van der Waals surface area contributed by atoms with Gasteiger partial charge in [-0.2, -0.15) is 0 Å². The zero-order valence-corrected chi connectivity index (χ0v) is 11.8. The van der Waals surface area contributed by atoms with Crippen LogP contribution in [0.1, 0.15) is 5.56 Å². The van der Waals surface area contributed by atoms with Crippen LogP contribution in [0.3, 0.4) is 0 Å². The molecule has 0 radical (unpaired) electrons. The van der Waals surface area contributed by atoms with Crippen molar-refractivity contribution in [2.24, 2.45) is 0 Å². The highest BCUT2D eigenvalue weighted by Crippen LogP contribution is 2.13. The van der Waals surface area contributed by atoms with Crippen molar-refractivity contribution in [2.45, 2.75) is 12.6 Å². The van der Waals surface area contributed by atoms with Crippen LogP contribution in [0.5, 0.6) is 0 Å². The van der Waals surface area contributed by atoms with E-state index in [0.29, 0.717) is 18.2 Å². The number of piperazine rings is 1. The van der Waals surface area contributed by atoms with E-state index in [1.165, 1.54) is 0 Å². The fourth-order valence-corrected chi connectivity index (χ4v) is 2.42. The Morgan fingerprint density at radius 1 is 1.15 bits per heavy atom. The standard InChI is InChI=1S/C14H20F3N3/c1-19-3-4-20(2)11(9-19)8-18-7-10-5-12(15)14(17)13(16)6-10/h5-6,11,18H,3-4,7-9H2,1-2H3. The fourth-order valence-electron chi connectivity index (χ4n) is 2.42. The summed E-state index contributed by atoms with van der Waals surface area (Å²) < 4.78 is 39.0. The first-order valence-corrected chi connectivity index (χ1v) is 6.70. The summed E-state index contributed by atoms with van der Waals surface area (Å²) >= 11 is 0. The van der Waals surface area contributed by atoms with Crippen molar-refractivity contribution in [3.63, 3.8) is 0 Å². The van der Waals surface area contributed by atoms with Gasteiger partial charge < -0.3 is 10.2 Å². The molecular weight excluding hydrogens is 267 g/mol. The molecule has 1 N–H and O–H groups in total. The summed E-state index contributed by atoms with van der Waals surface area (Å²) in [6, 6.07) is 2.42. The van der Waals surface area contributed by atoms with Gasteiger partial charge in [0.2, 0.25) is 0 Å². The molecule has 1 unspecified atom stereocenters. The van der Waals surface area contributed by atoms with Gasteiger partial charge in [-0.3, -0.25) is 4.90 Å². The van der Waals surface area contributed by atoms with Crippen LogP contribution < -0.4 is 5.32 Å². The van der Waals surface area contributed by atoms with Crippen LogP contribution in [-0.2, 0) is 6.54 Å². The first-order chi connectivity index (χ1) is 9.47. The molecule has 0 bridgehead atoms. The predicted molar refractivity (Wildman–Crippen MR) is 71.9 cm³/mol. The SMILES string of the molecule is CN1CCN(C)C(CNCc2cc(F)c(F)c(F)c2)C1. The predicted octanol–water partition coefficient (Wildman–Crippen LogP) is 1.44. The minimum absolute atomic E-state index is 0.322. The van der Waals surface area contributed by atoms with Gasteiger partial charge in [-0.25, -0.2) is 13.2 Å². The summed E-state index contributed by atoms with van der Waals surface area (Å²) in [4.78, 5) is 4.52. The van der Waals surface area contributed by atoms with E-state index >= 15 is 0 Å². The molecule has 1 aliphatic heterocycles. The molecule has 1 fully saturated rings. The highest BCUT2D eigenvalue weighted by atomic mass is 19.2. The van der Waals surface area contributed by atoms with Gasteiger partial charge >= 0.3 is 0 Å². The molecule has 2 rings (SSSR count). The van der Waals surface area contributed by atoms with Crippen LogP contribution in [0.4, 0.5) is 13.2 Å². The molecular formula is C14H20F3N3. The molecule has 1 heterocycles. The van der Waals surface area contributed by atoms with E-state index in [1.807, 2.05) is 0 Å². The largest absolute Gasteiger partial charge is 0.311 e. The molecule has 0 spiro atoms. The van der Waals surface area contributed by atoms with E-state index in [0.717, 1.165) is 38.3 Å². The second-order valence-corrected chi connectivity index (χ2v) is 5.40. The number of hydrogen-bond acceptors (Lipinski definition) is 3. The van der Waals surface area contributed by atoms with Crippen molar-refractivity contribution >= 4 is 0 Å². The Bertz CT molecular complexity index is 444. The zero-order chi connectivity index (χ0) is 14.7. The molecule has 0 amide bonds. The number of hydrogen-bond donors (Lipinski definition) is 1. The third kappa shape index (κ3) is 3.71. The minimum atomic E-state index is -1.41. The molecule has 1 atom stereocenters. The van der Waals surface area contributed by atoms with Gasteiger partial charge in [-0.05, 0) is 31.8 Å². The quantitative estimate of drug-likeness (QED) is 0.846. The Morgan fingerprint density at radius 2 is 1.80 bits per heavy atom. The van der Waals surface area contributed by atoms with Crippen LogP contribution in [0.2, 0.25) is 0 Å². The van der Waals surface area contributed by atoms with E-state index in [-0.39, 0.29) is 0 Å². The lowest BCUT2D eigenvalue weighted by Crippen LogP contribution is -2.53.